The van der Waals surface area contributed by atoms with Crippen molar-refractivity contribution in [2.45, 2.75) is 38.1 Å². The number of ether oxygens (including phenoxy) is 1. The fraction of sp³-hybridized carbons (Fsp3) is 0.318. The molecule has 4 rings (SSSR count). The maximum absolute atomic E-state index is 13.1. The molecule has 1 aliphatic carbocycles. The number of anilines is 1. The minimum atomic E-state index is -0.592. The zero-order valence-corrected chi connectivity index (χ0v) is 16.6. The Labute approximate surface area is 174 Å². The van der Waals surface area contributed by atoms with Crippen LogP contribution in [0.3, 0.4) is 0 Å². The van der Waals surface area contributed by atoms with Gasteiger partial charge in [-0.1, -0.05) is 49.6 Å². The van der Waals surface area contributed by atoms with Gasteiger partial charge in [0.2, 0.25) is 0 Å². The smallest absolute Gasteiger partial charge is 0.340 e. The molecule has 0 spiro atoms. The molecule has 8 nitrogen and oxygen atoms in total. The summed E-state index contributed by atoms with van der Waals surface area (Å²) in [4.78, 5) is 27.6. The van der Waals surface area contributed by atoms with E-state index in [-0.39, 0.29) is 18.6 Å². The lowest BCUT2D eigenvalue weighted by molar-refractivity contribution is -0.122. The van der Waals surface area contributed by atoms with E-state index in [1.807, 2.05) is 30.3 Å². The lowest BCUT2D eigenvalue weighted by Gasteiger charge is -2.34. The quantitative estimate of drug-likeness (QED) is 0.585. The van der Waals surface area contributed by atoms with E-state index in [1.165, 1.54) is 17.4 Å². The number of rotatable bonds is 6. The van der Waals surface area contributed by atoms with Gasteiger partial charge in [0.1, 0.15) is 6.33 Å². The average Bonchev–Trinajstić information content (AvgIpc) is 3.34. The lowest BCUT2D eigenvalue weighted by atomic mass is 9.93. The molecule has 1 aromatic heterocycles. The summed E-state index contributed by atoms with van der Waals surface area (Å²) in [6.07, 6.45) is 6.70. The third kappa shape index (κ3) is 4.37. The third-order valence-corrected chi connectivity index (χ3v) is 5.29. The molecule has 1 saturated carbocycles. The first kappa shape index (κ1) is 19.8. The summed E-state index contributed by atoms with van der Waals surface area (Å²) >= 11 is 0. The van der Waals surface area contributed by atoms with E-state index >= 15 is 0 Å². The summed E-state index contributed by atoms with van der Waals surface area (Å²) in [5, 5.41) is 11.0. The molecule has 154 valence electrons. The molecule has 1 aliphatic rings. The molecule has 0 bridgehead atoms. The molecule has 30 heavy (non-hydrogen) atoms. The second-order valence-electron chi connectivity index (χ2n) is 7.24. The Balaban J connectivity index is 1.49. The summed E-state index contributed by atoms with van der Waals surface area (Å²) in [5.74, 6) is -0.813. The molecule has 0 saturated heterocycles. The van der Waals surface area contributed by atoms with E-state index in [0.717, 1.165) is 31.4 Å². The Bertz CT molecular complexity index is 985. The van der Waals surface area contributed by atoms with Crippen LogP contribution in [0.2, 0.25) is 0 Å². The van der Waals surface area contributed by atoms with Crippen molar-refractivity contribution in [3.63, 3.8) is 0 Å². The van der Waals surface area contributed by atoms with Gasteiger partial charge in [0.25, 0.3) is 5.91 Å². The zero-order valence-electron chi connectivity index (χ0n) is 16.6. The van der Waals surface area contributed by atoms with Gasteiger partial charge in [-0.25, -0.2) is 4.79 Å². The standard InChI is InChI=1S/C22H23N5O3/c28-21(27(17-9-3-1-4-10-17)18-11-5-2-6-12-18)15-30-22(29)19-13-7-8-14-20(19)26-16-23-24-25-26/h1,3-4,7-10,13-14,16,18H,2,5-6,11-12,15H2. The fourth-order valence-electron chi connectivity index (χ4n) is 3.88. The van der Waals surface area contributed by atoms with Crippen LogP contribution in [0.4, 0.5) is 5.69 Å². The van der Waals surface area contributed by atoms with Gasteiger partial charge in [-0.2, -0.15) is 4.68 Å². The van der Waals surface area contributed by atoms with Gasteiger partial charge in [0.05, 0.1) is 11.3 Å². The van der Waals surface area contributed by atoms with Gasteiger partial charge in [-0.3, -0.25) is 4.79 Å². The van der Waals surface area contributed by atoms with Crippen molar-refractivity contribution in [1.82, 2.24) is 20.2 Å². The molecule has 2 aromatic carbocycles. The number of tetrazole rings is 1. The van der Waals surface area contributed by atoms with Crippen LogP contribution in [0.5, 0.6) is 0 Å². The van der Waals surface area contributed by atoms with Crippen LogP contribution in [0.15, 0.2) is 60.9 Å². The van der Waals surface area contributed by atoms with Crippen molar-refractivity contribution in [1.29, 1.82) is 0 Å². The maximum atomic E-state index is 13.1. The van der Waals surface area contributed by atoms with Crippen molar-refractivity contribution in [2.24, 2.45) is 0 Å². The topological polar surface area (TPSA) is 90.2 Å². The minimum absolute atomic E-state index is 0.126. The molecule has 0 N–H and O–H groups in total. The molecule has 3 aromatic rings. The number of amides is 1. The Kier molecular flexibility index (Phi) is 6.12. The average molecular weight is 405 g/mol. The van der Waals surface area contributed by atoms with Crippen molar-refractivity contribution in [3.8, 4) is 5.69 Å². The summed E-state index contributed by atoms with van der Waals surface area (Å²) in [5.41, 5.74) is 1.62. The van der Waals surface area contributed by atoms with Gasteiger partial charge in [-0.05, 0) is 47.5 Å². The Hall–Kier alpha value is -3.55. The Morgan fingerprint density at radius 2 is 1.73 bits per heavy atom. The van der Waals surface area contributed by atoms with Crippen LogP contribution in [-0.2, 0) is 9.53 Å². The predicted molar refractivity (Wildman–Crippen MR) is 110 cm³/mol. The van der Waals surface area contributed by atoms with Gasteiger partial charge in [0.15, 0.2) is 6.61 Å². The Morgan fingerprint density at radius 3 is 2.47 bits per heavy atom. The predicted octanol–water partition coefficient (Wildman–Crippen LogP) is 3.19. The highest BCUT2D eigenvalue weighted by molar-refractivity contribution is 5.98. The molecular formula is C22H23N5O3. The molecule has 1 amide bonds. The molecule has 1 heterocycles. The number of benzene rings is 2. The first-order valence-electron chi connectivity index (χ1n) is 10.1. The van der Waals surface area contributed by atoms with Crippen LogP contribution in [-0.4, -0.2) is 44.7 Å². The molecule has 0 atom stereocenters. The molecule has 0 aliphatic heterocycles. The number of hydrogen-bond acceptors (Lipinski definition) is 6. The molecular weight excluding hydrogens is 382 g/mol. The van der Waals surface area contributed by atoms with E-state index < -0.39 is 5.97 Å². The number of hydrogen-bond donors (Lipinski definition) is 0. The van der Waals surface area contributed by atoms with Crippen LogP contribution in [0.1, 0.15) is 42.5 Å². The largest absolute Gasteiger partial charge is 0.452 e. The second-order valence-corrected chi connectivity index (χ2v) is 7.24. The maximum Gasteiger partial charge on any atom is 0.340 e. The van der Waals surface area contributed by atoms with Gasteiger partial charge >= 0.3 is 5.97 Å². The monoisotopic (exact) mass is 405 g/mol. The fourth-order valence-corrected chi connectivity index (χ4v) is 3.88. The normalized spacial score (nSPS) is 14.3. The third-order valence-electron chi connectivity index (χ3n) is 5.29. The minimum Gasteiger partial charge on any atom is -0.452 e. The second kappa shape index (κ2) is 9.30. The van der Waals surface area contributed by atoms with Crippen molar-refractivity contribution >= 4 is 17.6 Å². The van der Waals surface area contributed by atoms with E-state index in [2.05, 4.69) is 15.5 Å². The van der Waals surface area contributed by atoms with Crippen LogP contribution in [0, 0.1) is 0 Å². The summed E-state index contributed by atoms with van der Waals surface area (Å²) in [6, 6.07) is 16.5. The van der Waals surface area contributed by atoms with Gasteiger partial charge in [-0.15, -0.1) is 5.10 Å². The van der Waals surface area contributed by atoms with Gasteiger partial charge < -0.3 is 9.64 Å². The number of para-hydroxylation sites is 2. The number of esters is 1. The zero-order chi connectivity index (χ0) is 20.8. The highest BCUT2D eigenvalue weighted by Crippen LogP contribution is 2.27. The van der Waals surface area contributed by atoms with Gasteiger partial charge in [0, 0.05) is 11.7 Å². The van der Waals surface area contributed by atoms with E-state index in [1.54, 1.807) is 29.2 Å². The first-order valence-corrected chi connectivity index (χ1v) is 10.1. The number of carbonyl (C=O) groups is 2. The van der Waals surface area contributed by atoms with E-state index in [0.29, 0.717) is 11.3 Å². The first-order chi connectivity index (χ1) is 14.7. The van der Waals surface area contributed by atoms with Crippen molar-refractivity contribution < 1.29 is 14.3 Å². The van der Waals surface area contributed by atoms with Crippen molar-refractivity contribution in [3.05, 3.63) is 66.5 Å². The highest BCUT2D eigenvalue weighted by Gasteiger charge is 2.28. The van der Waals surface area contributed by atoms with Crippen LogP contribution < -0.4 is 4.90 Å². The number of aromatic nitrogens is 4. The summed E-state index contributed by atoms with van der Waals surface area (Å²) in [6.45, 7) is -0.325. The van der Waals surface area contributed by atoms with E-state index in [9.17, 15) is 9.59 Å². The van der Waals surface area contributed by atoms with Crippen LogP contribution >= 0.6 is 0 Å². The Morgan fingerprint density at radius 1 is 1.00 bits per heavy atom. The highest BCUT2D eigenvalue weighted by atomic mass is 16.5. The summed E-state index contributed by atoms with van der Waals surface area (Å²) < 4.78 is 6.80. The van der Waals surface area contributed by atoms with Crippen LogP contribution in [0.25, 0.3) is 5.69 Å². The van der Waals surface area contributed by atoms with Crippen molar-refractivity contribution in [2.75, 3.05) is 11.5 Å². The summed E-state index contributed by atoms with van der Waals surface area (Å²) in [7, 11) is 0. The molecule has 8 heteroatoms. The lowest BCUT2D eigenvalue weighted by Crippen LogP contribution is -2.43. The molecule has 0 unspecified atom stereocenters. The van der Waals surface area contributed by atoms with E-state index in [4.69, 9.17) is 4.74 Å². The molecule has 0 radical (unpaired) electrons. The number of nitrogens with zero attached hydrogens (tertiary/aromatic N) is 5. The molecule has 1 fully saturated rings. The number of carbonyl (C=O) groups excluding carboxylic acids is 2. The SMILES string of the molecule is O=C(OCC(=O)N(c1ccccc1)C1CCCCC1)c1ccccc1-n1cnnn1.